The van der Waals surface area contributed by atoms with Gasteiger partial charge in [0.25, 0.3) is 5.91 Å². The fraction of sp³-hybridized carbons (Fsp3) is 0.240. The van der Waals surface area contributed by atoms with Gasteiger partial charge in [-0.1, -0.05) is 24.2 Å². The number of likely N-dealkylation sites (N-methyl/N-ethyl adjacent to an activating group) is 1. The zero-order chi connectivity index (χ0) is 24.9. The summed E-state index contributed by atoms with van der Waals surface area (Å²) in [5, 5.41) is 6.70. The molecule has 0 spiro atoms. The molecule has 0 unspecified atom stereocenters. The summed E-state index contributed by atoms with van der Waals surface area (Å²) in [7, 11) is 3.21. The van der Waals surface area contributed by atoms with Gasteiger partial charge in [-0.3, -0.25) is 14.6 Å². The van der Waals surface area contributed by atoms with Crippen molar-refractivity contribution in [1.82, 2.24) is 20.2 Å². The van der Waals surface area contributed by atoms with Gasteiger partial charge in [-0.25, -0.2) is 0 Å². The van der Waals surface area contributed by atoms with E-state index in [-0.39, 0.29) is 18.4 Å². The fourth-order valence-corrected chi connectivity index (χ4v) is 4.17. The maximum absolute atomic E-state index is 12.9. The molecule has 0 saturated heterocycles. The van der Waals surface area contributed by atoms with E-state index < -0.39 is 0 Å². The molecule has 1 aliphatic rings. The van der Waals surface area contributed by atoms with E-state index in [0.717, 1.165) is 5.69 Å². The quantitative estimate of drug-likeness (QED) is 0.390. The molecule has 2 amide bonds. The Balaban J connectivity index is 1.74. The first-order chi connectivity index (χ1) is 16.9. The van der Waals surface area contributed by atoms with Crippen LogP contribution in [0.4, 0.5) is 11.4 Å². The Bertz CT molecular complexity index is 1270. The Morgan fingerprint density at radius 3 is 2.97 bits per heavy atom. The number of anilines is 2. The Labute approximate surface area is 208 Å². The van der Waals surface area contributed by atoms with Gasteiger partial charge in [-0.05, 0) is 24.3 Å². The van der Waals surface area contributed by atoms with Crippen molar-refractivity contribution in [2.24, 2.45) is 0 Å². The lowest BCUT2D eigenvalue weighted by Crippen LogP contribution is -2.31. The van der Waals surface area contributed by atoms with Gasteiger partial charge in [0.2, 0.25) is 5.91 Å². The number of methoxy groups -OCH3 is 1. The Hall–Kier alpha value is -3.98. The SMILES string of the molecule is C=CC(=O)N(C)CCOc1cnccc1-c1[nH]c2c(c1Nc1cccc(Cl)c1OC)C(=O)NCC2. The lowest BCUT2D eigenvalue weighted by Gasteiger charge is -2.18. The summed E-state index contributed by atoms with van der Waals surface area (Å²) >= 11 is 6.32. The average molecular weight is 496 g/mol. The minimum absolute atomic E-state index is 0.182. The topological polar surface area (TPSA) is 109 Å². The van der Waals surface area contributed by atoms with E-state index in [1.807, 2.05) is 12.1 Å². The minimum atomic E-state index is -0.190. The van der Waals surface area contributed by atoms with Crippen LogP contribution in [-0.2, 0) is 11.2 Å². The third-order valence-corrected chi connectivity index (χ3v) is 5.98. The van der Waals surface area contributed by atoms with E-state index in [1.54, 1.807) is 31.6 Å². The number of H-pyrrole nitrogens is 1. The van der Waals surface area contributed by atoms with E-state index in [4.69, 9.17) is 21.1 Å². The maximum atomic E-state index is 12.9. The summed E-state index contributed by atoms with van der Waals surface area (Å²) in [5.74, 6) is 0.600. The first-order valence-corrected chi connectivity index (χ1v) is 11.4. The molecule has 4 rings (SSSR count). The molecule has 3 heterocycles. The van der Waals surface area contributed by atoms with Crippen LogP contribution in [0.15, 0.2) is 49.3 Å². The molecule has 3 aromatic rings. The van der Waals surface area contributed by atoms with Gasteiger partial charge in [0, 0.05) is 37.5 Å². The highest BCUT2D eigenvalue weighted by Crippen LogP contribution is 2.42. The van der Waals surface area contributed by atoms with Crippen molar-refractivity contribution in [3.63, 3.8) is 0 Å². The number of hydrogen-bond donors (Lipinski definition) is 3. The number of rotatable bonds is 9. The molecule has 0 atom stereocenters. The van der Waals surface area contributed by atoms with Crippen LogP contribution in [0.25, 0.3) is 11.3 Å². The number of carbonyl (C=O) groups excluding carboxylic acids is 2. The number of fused-ring (bicyclic) bond motifs is 1. The lowest BCUT2D eigenvalue weighted by molar-refractivity contribution is -0.125. The summed E-state index contributed by atoms with van der Waals surface area (Å²) in [6, 6.07) is 7.16. The molecule has 182 valence electrons. The summed E-state index contributed by atoms with van der Waals surface area (Å²) in [4.78, 5) is 33.7. The monoisotopic (exact) mass is 495 g/mol. The standard InChI is InChI=1S/C25H26ClN5O4/c1-4-20(32)31(2)12-13-35-19-14-27-10-8-15(19)22-23(21-17(29-22)9-11-28-25(21)33)30-18-7-5-6-16(26)24(18)34-3/h4-8,10,14,29-30H,1,9,11-13H2,2-3H3,(H,28,33). The number of pyridine rings is 1. The number of nitrogens with zero attached hydrogens (tertiary/aromatic N) is 2. The molecular weight excluding hydrogens is 470 g/mol. The molecule has 0 radical (unpaired) electrons. The molecule has 10 heteroatoms. The second kappa shape index (κ2) is 10.5. The Morgan fingerprint density at radius 1 is 1.37 bits per heavy atom. The summed E-state index contributed by atoms with van der Waals surface area (Å²) < 4.78 is 11.5. The first kappa shape index (κ1) is 24.2. The zero-order valence-corrected chi connectivity index (χ0v) is 20.2. The third-order valence-electron chi connectivity index (χ3n) is 5.69. The first-order valence-electron chi connectivity index (χ1n) is 11.0. The number of nitrogens with one attached hydrogen (secondary N) is 3. The Kier molecular flexibility index (Phi) is 7.26. The van der Waals surface area contributed by atoms with E-state index in [1.165, 1.54) is 18.1 Å². The van der Waals surface area contributed by atoms with Gasteiger partial charge in [0.15, 0.2) is 5.75 Å². The number of ether oxygens (including phenoxy) is 2. The molecule has 1 aromatic carbocycles. The third kappa shape index (κ3) is 4.95. The van der Waals surface area contributed by atoms with Crippen molar-refractivity contribution in [2.45, 2.75) is 6.42 Å². The van der Waals surface area contributed by atoms with Crippen LogP contribution in [0.3, 0.4) is 0 Å². The molecule has 0 aliphatic carbocycles. The van der Waals surface area contributed by atoms with Crippen molar-refractivity contribution in [1.29, 1.82) is 0 Å². The van der Waals surface area contributed by atoms with Crippen LogP contribution in [0, 0.1) is 0 Å². The zero-order valence-electron chi connectivity index (χ0n) is 19.5. The lowest BCUT2D eigenvalue weighted by atomic mass is 10.0. The molecule has 9 nitrogen and oxygen atoms in total. The molecule has 35 heavy (non-hydrogen) atoms. The van der Waals surface area contributed by atoms with Gasteiger partial charge in [-0.15, -0.1) is 0 Å². The number of amides is 2. The summed E-state index contributed by atoms with van der Waals surface area (Å²) in [5.41, 5.74) is 3.90. The van der Waals surface area contributed by atoms with E-state index in [2.05, 4.69) is 27.2 Å². The molecule has 0 bridgehead atoms. The summed E-state index contributed by atoms with van der Waals surface area (Å²) in [6.45, 7) is 4.65. The largest absolute Gasteiger partial charge is 0.493 e. The predicted molar refractivity (Wildman–Crippen MR) is 135 cm³/mol. The van der Waals surface area contributed by atoms with Crippen molar-refractivity contribution in [3.8, 4) is 22.8 Å². The number of benzene rings is 1. The van der Waals surface area contributed by atoms with Crippen LogP contribution in [-0.4, -0.2) is 60.5 Å². The van der Waals surface area contributed by atoms with Crippen molar-refractivity contribution in [2.75, 3.05) is 39.2 Å². The number of halogens is 1. The second-order valence-corrected chi connectivity index (χ2v) is 8.27. The van der Waals surface area contributed by atoms with Crippen LogP contribution in [0.5, 0.6) is 11.5 Å². The van der Waals surface area contributed by atoms with Crippen LogP contribution >= 0.6 is 11.6 Å². The van der Waals surface area contributed by atoms with Gasteiger partial charge < -0.3 is 30.0 Å². The highest BCUT2D eigenvalue weighted by atomic mass is 35.5. The molecule has 1 aliphatic heterocycles. The number of carbonyl (C=O) groups is 2. The number of hydrogen-bond acceptors (Lipinski definition) is 6. The van der Waals surface area contributed by atoms with Crippen LogP contribution in [0.1, 0.15) is 16.1 Å². The number of para-hydroxylation sites is 1. The van der Waals surface area contributed by atoms with Gasteiger partial charge in [0.1, 0.15) is 12.4 Å². The van der Waals surface area contributed by atoms with E-state index >= 15 is 0 Å². The number of aromatic nitrogens is 2. The van der Waals surface area contributed by atoms with Crippen LogP contribution in [0.2, 0.25) is 5.02 Å². The minimum Gasteiger partial charge on any atom is -0.493 e. The summed E-state index contributed by atoms with van der Waals surface area (Å²) in [6.07, 6.45) is 5.16. The normalized spacial score (nSPS) is 12.4. The van der Waals surface area contributed by atoms with Gasteiger partial charge >= 0.3 is 0 Å². The predicted octanol–water partition coefficient (Wildman–Crippen LogP) is 3.79. The molecule has 0 saturated carbocycles. The van der Waals surface area contributed by atoms with E-state index in [9.17, 15) is 9.59 Å². The highest BCUT2D eigenvalue weighted by molar-refractivity contribution is 6.32. The molecule has 3 N–H and O–H groups in total. The molecule has 0 fully saturated rings. The van der Waals surface area contributed by atoms with Gasteiger partial charge in [-0.2, -0.15) is 0 Å². The highest BCUT2D eigenvalue weighted by Gasteiger charge is 2.28. The van der Waals surface area contributed by atoms with Crippen molar-refractivity contribution >= 4 is 34.8 Å². The Morgan fingerprint density at radius 2 is 2.20 bits per heavy atom. The number of aromatic amines is 1. The second-order valence-electron chi connectivity index (χ2n) is 7.86. The van der Waals surface area contributed by atoms with Crippen molar-refractivity contribution < 1.29 is 19.1 Å². The molecule has 2 aromatic heterocycles. The molecular formula is C25H26ClN5O4. The fourth-order valence-electron chi connectivity index (χ4n) is 3.92. The van der Waals surface area contributed by atoms with E-state index in [0.29, 0.717) is 64.2 Å². The maximum Gasteiger partial charge on any atom is 0.255 e. The smallest absolute Gasteiger partial charge is 0.255 e. The average Bonchev–Trinajstić information content (AvgIpc) is 3.23. The van der Waals surface area contributed by atoms with Crippen LogP contribution < -0.4 is 20.1 Å². The van der Waals surface area contributed by atoms with Gasteiger partial charge in [0.05, 0.1) is 47.5 Å². The van der Waals surface area contributed by atoms with Crippen molar-refractivity contribution in [3.05, 3.63) is 65.6 Å².